The number of fused-ring (bicyclic) bond motifs is 2. The summed E-state index contributed by atoms with van der Waals surface area (Å²) in [4.78, 5) is 27.5. The Bertz CT molecular complexity index is 760. The largest absolute Gasteiger partial charge is 0.493 e. The minimum atomic E-state index is -0.891. The van der Waals surface area contributed by atoms with Gasteiger partial charge in [0.2, 0.25) is 0 Å². The third kappa shape index (κ3) is 4.13. The van der Waals surface area contributed by atoms with Gasteiger partial charge in [0.25, 0.3) is 0 Å². The van der Waals surface area contributed by atoms with E-state index >= 15 is 0 Å². The Morgan fingerprint density at radius 1 is 1.11 bits per heavy atom. The molecule has 2 fully saturated rings. The Hall–Kier alpha value is -2.18. The summed E-state index contributed by atoms with van der Waals surface area (Å²) in [5, 5.41) is 0. The highest BCUT2D eigenvalue weighted by atomic mass is 19.1. The smallest absolute Gasteiger partial charge is 0.410 e. The van der Waals surface area contributed by atoms with Crippen LogP contribution in [0.1, 0.15) is 63.2 Å². The first-order valence-electron chi connectivity index (χ1n) is 9.69. The zero-order chi connectivity index (χ0) is 20.6. The molecule has 0 N–H and O–H groups in total. The van der Waals surface area contributed by atoms with E-state index in [1.807, 2.05) is 20.8 Å². The number of ether oxygens (including phenoxy) is 2. The number of Topliss-reactive ketones (excluding diaryl/α,β-unsaturated/α-hetero) is 1. The van der Waals surface area contributed by atoms with Crippen molar-refractivity contribution in [3.63, 3.8) is 0 Å². The second-order valence-electron chi connectivity index (χ2n) is 8.63. The number of piperidine rings is 2. The molecule has 0 radical (unpaired) electrons. The first-order chi connectivity index (χ1) is 13.1. The van der Waals surface area contributed by atoms with Gasteiger partial charge in [-0.25, -0.2) is 13.6 Å². The van der Waals surface area contributed by atoms with Crippen LogP contribution in [0.4, 0.5) is 13.6 Å². The average molecular weight is 395 g/mol. The van der Waals surface area contributed by atoms with Crippen molar-refractivity contribution in [1.82, 2.24) is 4.90 Å². The Morgan fingerprint density at radius 3 is 2.25 bits per heavy atom. The Morgan fingerprint density at radius 2 is 1.71 bits per heavy atom. The summed E-state index contributed by atoms with van der Waals surface area (Å²) in [7, 11) is 1.26. The molecular formula is C21H27F2NO4. The van der Waals surface area contributed by atoms with Gasteiger partial charge in [0.05, 0.1) is 12.7 Å². The van der Waals surface area contributed by atoms with E-state index in [0.717, 1.165) is 25.3 Å². The van der Waals surface area contributed by atoms with Gasteiger partial charge in [0.1, 0.15) is 11.4 Å². The zero-order valence-corrected chi connectivity index (χ0v) is 16.8. The number of rotatable bonds is 3. The van der Waals surface area contributed by atoms with Crippen LogP contribution in [0.3, 0.4) is 0 Å². The van der Waals surface area contributed by atoms with Gasteiger partial charge >= 0.3 is 6.09 Å². The van der Waals surface area contributed by atoms with Crippen LogP contribution in [0.2, 0.25) is 0 Å². The van der Waals surface area contributed by atoms with Gasteiger partial charge < -0.3 is 14.4 Å². The highest BCUT2D eigenvalue weighted by molar-refractivity contribution is 6.00. The van der Waals surface area contributed by atoms with Crippen LogP contribution in [0.25, 0.3) is 0 Å². The number of carbonyl (C=O) groups is 2. The Labute approximate surface area is 164 Å². The molecule has 1 aromatic carbocycles. The van der Waals surface area contributed by atoms with Gasteiger partial charge in [-0.3, -0.25) is 4.79 Å². The van der Waals surface area contributed by atoms with E-state index in [-0.39, 0.29) is 35.3 Å². The third-order valence-corrected chi connectivity index (χ3v) is 5.43. The Balaban J connectivity index is 1.83. The molecule has 1 aromatic rings. The van der Waals surface area contributed by atoms with Gasteiger partial charge in [-0.05, 0) is 58.9 Å². The van der Waals surface area contributed by atoms with Crippen LogP contribution in [0.15, 0.2) is 12.1 Å². The predicted molar refractivity (Wildman–Crippen MR) is 99.5 cm³/mol. The van der Waals surface area contributed by atoms with E-state index in [9.17, 15) is 18.4 Å². The van der Waals surface area contributed by atoms with Crippen molar-refractivity contribution >= 4 is 11.9 Å². The average Bonchev–Trinajstić information content (AvgIpc) is 2.57. The van der Waals surface area contributed by atoms with E-state index in [1.54, 1.807) is 4.90 Å². The number of carbonyl (C=O) groups excluding carboxylic acids is 2. The molecule has 0 aliphatic carbocycles. The lowest BCUT2D eigenvalue weighted by molar-refractivity contribution is -0.0261. The highest BCUT2D eigenvalue weighted by Crippen LogP contribution is 2.40. The predicted octanol–water partition coefficient (Wildman–Crippen LogP) is 4.72. The lowest BCUT2D eigenvalue weighted by Gasteiger charge is -2.48. The first kappa shape index (κ1) is 20.6. The van der Waals surface area contributed by atoms with Crippen LogP contribution in [-0.4, -0.2) is 41.6 Å². The molecule has 154 valence electrons. The molecule has 1 amide bonds. The zero-order valence-electron chi connectivity index (χ0n) is 16.8. The number of benzene rings is 1. The molecule has 0 saturated carbocycles. The molecule has 2 saturated heterocycles. The lowest BCUT2D eigenvalue weighted by Crippen LogP contribution is -2.56. The van der Waals surface area contributed by atoms with Crippen molar-refractivity contribution in [2.24, 2.45) is 5.92 Å². The number of ketones is 1. The molecule has 28 heavy (non-hydrogen) atoms. The minimum absolute atomic E-state index is 0.0752. The van der Waals surface area contributed by atoms with Crippen LogP contribution in [0, 0.1) is 17.6 Å². The van der Waals surface area contributed by atoms with Crippen molar-refractivity contribution in [1.29, 1.82) is 0 Å². The molecule has 2 unspecified atom stereocenters. The highest BCUT2D eigenvalue weighted by Gasteiger charge is 2.45. The van der Waals surface area contributed by atoms with E-state index in [0.29, 0.717) is 18.9 Å². The van der Waals surface area contributed by atoms with Crippen molar-refractivity contribution in [3.05, 3.63) is 29.3 Å². The summed E-state index contributed by atoms with van der Waals surface area (Å²) < 4.78 is 38.3. The molecule has 2 aliphatic rings. The van der Waals surface area contributed by atoms with Crippen molar-refractivity contribution in [3.8, 4) is 5.75 Å². The van der Waals surface area contributed by atoms with Gasteiger partial charge in [0.15, 0.2) is 17.3 Å². The standard InChI is InChI=1S/C21H27F2NO4/c1-21(2,3)28-20(26)24-14-6-5-7-15(24)9-12(8-14)18(25)16-10-13(22)11-17(23)19(16)27-4/h10-12,14-15H,5-9H2,1-4H3. The fourth-order valence-corrected chi connectivity index (χ4v) is 4.38. The normalized spacial score (nSPS) is 24.6. The maximum atomic E-state index is 14.0. The van der Waals surface area contributed by atoms with Crippen LogP contribution in [-0.2, 0) is 4.74 Å². The Kier molecular flexibility index (Phi) is 5.64. The van der Waals surface area contributed by atoms with Crippen LogP contribution < -0.4 is 4.74 Å². The van der Waals surface area contributed by atoms with Gasteiger partial charge in [-0.1, -0.05) is 0 Å². The van der Waals surface area contributed by atoms with E-state index in [2.05, 4.69) is 0 Å². The maximum Gasteiger partial charge on any atom is 0.410 e. The number of methoxy groups -OCH3 is 1. The first-order valence-corrected chi connectivity index (χ1v) is 9.69. The number of hydrogen-bond donors (Lipinski definition) is 0. The third-order valence-electron chi connectivity index (χ3n) is 5.43. The van der Waals surface area contributed by atoms with Crippen LogP contribution >= 0.6 is 0 Å². The summed E-state index contributed by atoms with van der Waals surface area (Å²) in [5.74, 6) is -2.68. The molecule has 3 rings (SSSR count). The summed E-state index contributed by atoms with van der Waals surface area (Å²) in [6, 6.07) is 1.51. The number of amides is 1. The second-order valence-corrected chi connectivity index (χ2v) is 8.63. The maximum absolute atomic E-state index is 14.0. The summed E-state index contributed by atoms with van der Waals surface area (Å²) >= 11 is 0. The van der Waals surface area contributed by atoms with E-state index in [1.165, 1.54) is 7.11 Å². The molecule has 2 bridgehead atoms. The van der Waals surface area contributed by atoms with Gasteiger partial charge in [-0.2, -0.15) is 0 Å². The molecule has 0 aromatic heterocycles. The molecule has 0 spiro atoms. The topological polar surface area (TPSA) is 55.8 Å². The van der Waals surface area contributed by atoms with Crippen molar-refractivity contribution < 1.29 is 27.8 Å². The molecule has 5 nitrogen and oxygen atoms in total. The van der Waals surface area contributed by atoms with Crippen molar-refractivity contribution in [2.75, 3.05) is 7.11 Å². The molecule has 2 aliphatic heterocycles. The molecular weight excluding hydrogens is 368 g/mol. The number of hydrogen-bond acceptors (Lipinski definition) is 4. The number of nitrogens with zero attached hydrogens (tertiary/aromatic N) is 1. The van der Waals surface area contributed by atoms with Crippen molar-refractivity contribution in [2.45, 2.75) is 70.6 Å². The fourth-order valence-electron chi connectivity index (χ4n) is 4.38. The fraction of sp³-hybridized carbons (Fsp3) is 0.619. The molecule has 7 heteroatoms. The summed E-state index contributed by atoms with van der Waals surface area (Å²) in [6.45, 7) is 5.46. The SMILES string of the molecule is COc1c(F)cc(F)cc1C(=O)C1CC2CCCC(C1)N2C(=O)OC(C)(C)C. The monoisotopic (exact) mass is 395 g/mol. The summed E-state index contributed by atoms with van der Waals surface area (Å²) in [5.41, 5.74) is -0.668. The molecule has 2 atom stereocenters. The summed E-state index contributed by atoms with van der Waals surface area (Å²) in [6.07, 6.45) is 3.10. The van der Waals surface area contributed by atoms with Crippen LogP contribution in [0.5, 0.6) is 5.75 Å². The quantitative estimate of drug-likeness (QED) is 0.695. The second kappa shape index (κ2) is 7.68. The minimum Gasteiger partial charge on any atom is -0.493 e. The number of halogens is 2. The van der Waals surface area contributed by atoms with E-state index < -0.39 is 23.2 Å². The molecule has 2 heterocycles. The van der Waals surface area contributed by atoms with Gasteiger partial charge in [-0.15, -0.1) is 0 Å². The lowest BCUT2D eigenvalue weighted by atomic mass is 9.75. The van der Waals surface area contributed by atoms with E-state index in [4.69, 9.17) is 9.47 Å². The van der Waals surface area contributed by atoms with Gasteiger partial charge in [0, 0.05) is 24.1 Å².